The first kappa shape index (κ1) is 18.7. The molecule has 0 aliphatic carbocycles. The summed E-state index contributed by atoms with van der Waals surface area (Å²) in [7, 11) is 0. The highest BCUT2D eigenvalue weighted by Gasteiger charge is 2.38. The normalized spacial score (nSPS) is 35.4. The van der Waals surface area contributed by atoms with E-state index in [2.05, 4.69) is 37.5 Å². The summed E-state index contributed by atoms with van der Waals surface area (Å²) < 4.78 is 0. The van der Waals surface area contributed by atoms with Crippen molar-refractivity contribution in [2.45, 2.75) is 46.6 Å². The minimum absolute atomic E-state index is 0. The van der Waals surface area contributed by atoms with Gasteiger partial charge < -0.3 is 10.6 Å². The molecule has 1 amide bonds. The average molecular weight is 318 g/mol. The zero-order valence-electron chi connectivity index (χ0n) is 14.0. The zero-order chi connectivity index (χ0) is 14.9. The molecule has 21 heavy (non-hydrogen) atoms. The largest absolute Gasteiger partial charge is 0.341 e. The summed E-state index contributed by atoms with van der Waals surface area (Å²) in [6, 6.07) is 0.000810. The predicted octanol–water partition coefficient (Wildman–Crippen LogP) is 1.97. The second kappa shape index (κ2) is 7.30. The zero-order valence-corrected chi connectivity index (χ0v) is 14.8. The molecule has 2 aliphatic rings. The van der Waals surface area contributed by atoms with Gasteiger partial charge in [-0.25, -0.2) is 0 Å². The fraction of sp³-hybridized carbons (Fsp3) is 0.938. The van der Waals surface area contributed by atoms with E-state index in [1.807, 2.05) is 0 Å². The Morgan fingerprint density at radius 1 is 1.33 bits per heavy atom. The second-order valence-electron chi connectivity index (χ2n) is 7.60. The van der Waals surface area contributed by atoms with E-state index in [0.717, 1.165) is 32.6 Å². The molecule has 0 saturated carbocycles. The lowest BCUT2D eigenvalue weighted by Crippen LogP contribution is -2.51. The van der Waals surface area contributed by atoms with Crippen LogP contribution >= 0.6 is 12.4 Å². The highest BCUT2D eigenvalue weighted by molar-refractivity contribution is 5.85. The SMILES string of the molecule is CC1CC(C)CN(C(=O)C(C)N2CCC(C)(CN)C2)C1.Cl. The molecular weight excluding hydrogens is 286 g/mol. The molecule has 4 unspecified atom stereocenters. The van der Waals surface area contributed by atoms with Crippen LogP contribution < -0.4 is 5.73 Å². The van der Waals surface area contributed by atoms with Gasteiger partial charge in [-0.3, -0.25) is 9.69 Å². The lowest BCUT2D eigenvalue weighted by Gasteiger charge is -2.38. The van der Waals surface area contributed by atoms with Crippen molar-refractivity contribution in [3.8, 4) is 0 Å². The monoisotopic (exact) mass is 317 g/mol. The van der Waals surface area contributed by atoms with Gasteiger partial charge in [0.15, 0.2) is 0 Å². The minimum Gasteiger partial charge on any atom is -0.341 e. The van der Waals surface area contributed by atoms with Crippen LogP contribution in [-0.4, -0.2) is 54.5 Å². The molecule has 4 atom stereocenters. The number of piperidine rings is 1. The smallest absolute Gasteiger partial charge is 0.239 e. The first-order valence-electron chi connectivity index (χ1n) is 8.07. The predicted molar refractivity (Wildman–Crippen MR) is 89.6 cm³/mol. The molecule has 4 nitrogen and oxygen atoms in total. The topological polar surface area (TPSA) is 49.6 Å². The lowest BCUT2D eigenvalue weighted by atomic mass is 9.90. The van der Waals surface area contributed by atoms with E-state index in [-0.39, 0.29) is 23.9 Å². The number of halogens is 1. The van der Waals surface area contributed by atoms with Gasteiger partial charge in [0.05, 0.1) is 6.04 Å². The van der Waals surface area contributed by atoms with E-state index >= 15 is 0 Å². The number of rotatable bonds is 3. The van der Waals surface area contributed by atoms with Crippen molar-refractivity contribution in [3.63, 3.8) is 0 Å². The Bertz CT molecular complexity index is 355. The third kappa shape index (κ3) is 4.33. The van der Waals surface area contributed by atoms with Gasteiger partial charge in [-0.05, 0) is 50.1 Å². The molecule has 2 aliphatic heterocycles. The van der Waals surface area contributed by atoms with E-state index in [0.29, 0.717) is 24.3 Å². The summed E-state index contributed by atoms with van der Waals surface area (Å²) in [4.78, 5) is 17.1. The number of likely N-dealkylation sites (tertiary alicyclic amines) is 2. The van der Waals surface area contributed by atoms with Gasteiger partial charge in [-0.1, -0.05) is 20.8 Å². The van der Waals surface area contributed by atoms with Crippen LogP contribution in [0.4, 0.5) is 0 Å². The number of amides is 1. The van der Waals surface area contributed by atoms with Crippen LogP contribution in [0, 0.1) is 17.3 Å². The van der Waals surface area contributed by atoms with Crippen molar-refractivity contribution in [2.75, 3.05) is 32.7 Å². The number of carbonyl (C=O) groups is 1. The molecule has 0 radical (unpaired) electrons. The van der Waals surface area contributed by atoms with Crippen molar-refractivity contribution in [2.24, 2.45) is 23.0 Å². The Morgan fingerprint density at radius 3 is 2.38 bits per heavy atom. The Balaban J connectivity index is 0.00000220. The van der Waals surface area contributed by atoms with Crippen LogP contribution in [0.25, 0.3) is 0 Å². The highest BCUT2D eigenvalue weighted by Crippen LogP contribution is 2.30. The number of nitrogens with zero attached hydrogens (tertiary/aromatic N) is 2. The van der Waals surface area contributed by atoms with Gasteiger partial charge in [0, 0.05) is 19.6 Å². The first-order valence-corrected chi connectivity index (χ1v) is 8.07. The molecule has 124 valence electrons. The molecule has 5 heteroatoms. The summed E-state index contributed by atoms with van der Waals surface area (Å²) in [6.07, 6.45) is 2.35. The van der Waals surface area contributed by atoms with E-state index < -0.39 is 0 Å². The fourth-order valence-electron chi connectivity index (χ4n) is 3.82. The van der Waals surface area contributed by atoms with Gasteiger partial charge in [0.25, 0.3) is 0 Å². The van der Waals surface area contributed by atoms with Gasteiger partial charge in [0.2, 0.25) is 5.91 Å². The van der Waals surface area contributed by atoms with Crippen LogP contribution in [0.15, 0.2) is 0 Å². The van der Waals surface area contributed by atoms with Crippen LogP contribution in [0.2, 0.25) is 0 Å². The molecule has 0 aromatic rings. The molecular formula is C16H32ClN3O. The summed E-state index contributed by atoms with van der Waals surface area (Å²) in [5.74, 6) is 1.57. The van der Waals surface area contributed by atoms with E-state index in [1.165, 1.54) is 6.42 Å². The third-order valence-corrected chi connectivity index (χ3v) is 5.17. The first-order chi connectivity index (χ1) is 9.34. The van der Waals surface area contributed by atoms with E-state index in [9.17, 15) is 4.79 Å². The van der Waals surface area contributed by atoms with Crippen LogP contribution in [0.5, 0.6) is 0 Å². The standard InChI is InChI=1S/C16H31N3O.ClH/c1-12-7-13(2)9-19(8-12)15(20)14(3)18-6-5-16(4,10-17)11-18;/h12-14H,5-11,17H2,1-4H3;1H. The lowest BCUT2D eigenvalue weighted by molar-refractivity contribution is -0.138. The molecule has 2 N–H and O–H groups in total. The molecule has 0 aromatic heterocycles. The molecule has 0 spiro atoms. The average Bonchev–Trinajstić information content (AvgIpc) is 2.79. The number of carbonyl (C=O) groups excluding carboxylic acids is 1. The summed E-state index contributed by atoms with van der Waals surface area (Å²) >= 11 is 0. The van der Waals surface area contributed by atoms with Crippen molar-refractivity contribution < 1.29 is 4.79 Å². The van der Waals surface area contributed by atoms with Crippen molar-refractivity contribution in [3.05, 3.63) is 0 Å². The minimum atomic E-state index is 0. The number of nitrogens with two attached hydrogens (primary N) is 1. The second-order valence-corrected chi connectivity index (χ2v) is 7.60. The number of hydrogen-bond donors (Lipinski definition) is 1. The summed E-state index contributed by atoms with van der Waals surface area (Å²) in [6.45, 7) is 13.3. The maximum atomic E-state index is 12.7. The van der Waals surface area contributed by atoms with Gasteiger partial charge in [0.1, 0.15) is 0 Å². The highest BCUT2D eigenvalue weighted by atomic mass is 35.5. The van der Waals surface area contributed by atoms with Crippen molar-refractivity contribution in [1.29, 1.82) is 0 Å². The molecule has 2 fully saturated rings. The van der Waals surface area contributed by atoms with Crippen molar-refractivity contribution >= 4 is 18.3 Å². The number of hydrogen-bond acceptors (Lipinski definition) is 3. The van der Waals surface area contributed by atoms with Gasteiger partial charge in [-0.15, -0.1) is 12.4 Å². The Hall–Kier alpha value is -0.320. The third-order valence-electron chi connectivity index (χ3n) is 5.17. The van der Waals surface area contributed by atoms with Crippen LogP contribution in [-0.2, 0) is 4.79 Å². The Morgan fingerprint density at radius 2 is 1.90 bits per heavy atom. The molecule has 0 bridgehead atoms. The Kier molecular flexibility index (Phi) is 6.51. The van der Waals surface area contributed by atoms with Gasteiger partial charge in [-0.2, -0.15) is 0 Å². The van der Waals surface area contributed by atoms with Crippen LogP contribution in [0.1, 0.15) is 40.5 Å². The summed E-state index contributed by atoms with van der Waals surface area (Å²) in [5, 5.41) is 0. The van der Waals surface area contributed by atoms with E-state index in [4.69, 9.17) is 5.73 Å². The summed E-state index contributed by atoms with van der Waals surface area (Å²) in [5.41, 5.74) is 6.06. The Labute approximate surface area is 135 Å². The molecule has 2 rings (SSSR count). The molecule has 2 saturated heterocycles. The molecule has 0 aromatic carbocycles. The maximum Gasteiger partial charge on any atom is 0.239 e. The van der Waals surface area contributed by atoms with Crippen LogP contribution in [0.3, 0.4) is 0 Å². The van der Waals surface area contributed by atoms with Crippen molar-refractivity contribution in [1.82, 2.24) is 9.80 Å². The molecule has 2 heterocycles. The maximum absolute atomic E-state index is 12.7. The van der Waals surface area contributed by atoms with Gasteiger partial charge >= 0.3 is 0 Å². The fourth-order valence-corrected chi connectivity index (χ4v) is 3.82. The van der Waals surface area contributed by atoms with E-state index in [1.54, 1.807) is 0 Å². The quantitative estimate of drug-likeness (QED) is 0.866.